The molecule has 1 saturated heterocycles. The van der Waals surface area contributed by atoms with Crippen molar-refractivity contribution in [3.05, 3.63) is 77.1 Å². The molecule has 0 spiro atoms. The maximum absolute atomic E-state index is 12.9. The molecule has 1 aliphatic rings. The summed E-state index contributed by atoms with van der Waals surface area (Å²) in [7, 11) is 0. The van der Waals surface area contributed by atoms with Gasteiger partial charge in [0.2, 0.25) is 0 Å². The van der Waals surface area contributed by atoms with Crippen LogP contribution in [0.3, 0.4) is 0 Å². The highest BCUT2D eigenvalue weighted by molar-refractivity contribution is 5.94. The Morgan fingerprint density at radius 2 is 1.71 bits per heavy atom. The van der Waals surface area contributed by atoms with Crippen LogP contribution in [0.5, 0.6) is 5.75 Å². The molecular weight excluding hydrogens is 445 g/mol. The molecule has 1 fully saturated rings. The number of alkyl halides is 3. The minimum Gasteiger partial charge on any atom is -0.484 e. The van der Waals surface area contributed by atoms with Crippen LogP contribution < -0.4 is 4.74 Å². The van der Waals surface area contributed by atoms with Crippen molar-refractivity contribution < 1.29 is 22.7 Å². The van der Waals surface area contributed by atoms with Crippen LogP contribution in [0.2, 0.25) is 0 Å². The second-order valence-electron chi connectivity index (χ2n) is 8.40. The van der Waals surface area contributed by atoms with Crippen LogP contribution in [-0.2, 0) is 6.54 Å². The molecule has 6 nitrogen and oxygen atoms in total. The van der Waals surface area contributed by atoms with E-state index in [0.717, 1.165) is 23.6 Å². The third-order valence-corrected chi connectivity index (χ3v) is 5.97. The van der Waals surface area contributed by atoms with Crippen LogP contribution in [0.15, 0.2) is 54.6 Å². The highest BCUT2D eigenvalue weighted by Crippen LogP contribution is 2.22. The summed E-state index contributed by atoms with van der Waals surface area (Å²) >= 11 is 0. The second kappa shape index (κ2) is 9.89. The van der Waals surface area contributed by atoms with Gasteiger partial charge in [-0.15, -0.1) is 0 Å². The average molecular weight is 473 g/mol. The smallest absolute Gasteiger partial charge is 0.422 e. The van der Waals surface area contributed by atoms with E-state index >= 15 is 0 Å². The minimum atomic E-state index is -4.43. The van der Waals surface area contributed by atoms with E-state index in [1.807, 2.05) is 41.9 Å². The first-order valence-electron chi connectivity index (χ1n) is 11.1. The zero-order chi connectivity index (χ0) is 24.3. The molecule has 0 bridgehead atoms. The number of carbonyl (C=O) groups is 1. The van der Waals surface area contributed by atoms with Gasteiger partial charge in [0.25, 0.3) is 5.91 Å². The number of aryl methyl sites for hydroxylation is 1. The Bertz CT molecular complexity index is 1140. The molecule has 0 aliphatic carbocycles. The molecule has 34 heavy (non-hydrogen) atoms. The number of para-hydroxylation sites is 1. The number of ether oxygens (including phenoxy) is 1. The zero-order valence-corrected chi connectivity index (χ0v) is 19.2. The van der Waals surface area contributed by atoms with Gasteiger partial charge in [-0.05, 0) is 44.2 Å². The number of rotatable bonds is 6. The van der Waals surface area contributed by atoms with Crippen LogP contribution >= 0.6 is 0 Å². The monoisotopic (exact) mass is 472 g/mol. The Balaban J connectivity index is 1.36. The lowest BCUT2D eigenvalue weighted by Gasteiger charge is -2.35. The van der Waals surface area contributed by atoms with Crippen LogP contribution in [-0.4, -0.2) is 64.4 Å². The number of halogens is 3. The Morgan fingerprint density at radius 1 is 1.00 bits per heavy atom. The van der Waals surface area contributed by atoms with Gasteiger partial charge in [0, 0.05) is 49.5 Å². The highest BCUT2D eigenvalue weighted by Gasteiger charge is 2.29. The number of piperazine rings is 1. The van der Waals surface area contributed by atoms with E-state index in [2.05, 4.69) is 11.8 Å². The van der Waals surface area contributed by atoms with E-state index in [9.17, 15) is 18.0 Å². The Hall–Kier alpha value is -3.33. The van der Waals surface area contributed by atoms with Gasteiger partial charge in [-0.2, -0.15) is 18.3 Å². The Kier molecular flexibility index (Phi) is 6.92. The molecule has 1 amide bonds. The average Bonchev–Trinajstić information content (AvgIpc) is 3.11. The summed E-state index contributed by atoms with van der Waals surface area (Å²) in [5.41, 5.74) is 4.60. The number of aromatic nitrogens is 2. The quantitative estimate of drug-likeness (QED) is 0.534. The van der Waals surface area contributed by atoms with Crippen molar-refractivity contribution in [3.8, 4) is 11.4 Å². The van der Waals surface area contributed by atoms with E-state index in [1.54, 1.807) is 11.0 Å². The normalized spacial score (nSPS) is 14.9. The molecule has 2 heterocycles. The fourth-order valence-electron chi connectivity index (χ4n) is 4.12. The molecule has 0 unspecified atom stereocenters. The molecule has 9 heteroatoms. The van der Waals surface area contributed by atoms with E-state index in [-0.39, 0.29) is 11.7 Å². The van der Waals surface area contributed by atoms with Crippen LogP contribution in [0.25, 0.3) is 5.69 Å². The van der Waals surface area contributed by atoms with Gasteiger partial charge in [-0.25, -0.2) is 4.68 Å². The van der Waals surface area contributed by atoms with Gasteiger partial charge in [0.15, 0.2) is 6.61 Å². The topological polar surface area (TPSA) is 50.6 Å². The summed E-state index contributed by atoms with van der Waals surface area (Å²) in [6.45, 7) is 5.91. The first-order chi connectivity index (χ1) is 16.2. The number of nitrogens with zero attached hydrogens (tertiary/aromatic N) is 4. The summed E-state index contributed by atoms with van der Waals surface area (Å²) < 4.78 is 44.0. The predicted molar refractivity (Wildman–Crippen MR) is 122 cm³/mol. The van der Waals surface area contributed by atoms with Gasteiger partial charge in [-0.1, -0.05) is 24.3 Å². The molecule has 4 rings (SSSR count). The molecule has 1 aliphatic heterocycles. The van der Waals surface area contributed by atoms with Crippen LogP contribution in [0, 0.1) is 13.8 Å². The minimum absolute atomic E-state index is 0.0307. The van der Waals surface area contributed by atoms with Crippen LogP contribution in [0.4, 0.5) is 13.2 Å². The van der Waals surface area contributed by atoms with E-state index in [0.29, 0.717) is 31.7 Å². The second-order valence-corrected chi connectivity index (χ2v) is 8.40. The maximum atomic E-state index is 12.9. The lowest BCUT2D eigenvalue weighted by Crippen LogP contribution is -2.48. The highest BCUT2D eigenvalue weighted by atomic mass is 19.4. The third kappa shape index (κ3) is 5.59. The van der Waals surface area contributed by atoms with Crippen molar-refractivity contribution in [2.75, 3.05) is 32.8 Å². The third-order valence-electron chi connectivity index (χ3n) is 5.97. The summed E-state index contributed by atoms with van der Waals surface area (Å²) in [5, 5.41) is 4.71. The van der Waals surface area contributed by atoms with Crippen molar-refractivity contribution in [1.29, 1.82) is 0 Å². The SMILES string of the molecule is Cc1nn(-c2ccccc2)c(C)c1CN1CCN(C(=O)c2cccc(OCC(F)(F)F)c2)CC1. The largest absolute Gasteiger partial charge is 0.484 e. The summed E-state index contributed by atoms with van der Waals surface area (Å²) in [6, 6.07) is 15.9. The molecule has 0 saturated carbocycles. The lowest BCUT2D eigenvalue weighted by molar-refractivity contribution is -0.153. The molecule has 2 aromatic carbocycles. The zero-order valence-electron chi connectivity index (χ0n) is 19.2. The first kappa shape index (κ1) is 23.8. The van der Waals surface area contributed by atoms with E-state index in [1.165, 1.54) is 23.8 Å². The standard InChI is InChI=1S/C25H27F3N4O2/c1-18-23(19(2)32(29-18)21-8-4-3-5-9-21)16-30-11-13-31(14-12-30)24(33)20-7-6-10-22(15-20)34-17-25(26,27)28/h3-10,15H,11-14,16-17H2,1-2H3. The number of hydrogen-bond donors (Lipinski definition) is 0. The maximum Gasteiger partial charge on any atom is 0.422 e. The molecule has 0 atom stereocenters. The van der Waals surface area contributed by atoms with Crippen molar-refractivity contribution in [2.24, 2.45) is 0 Å². The first-order valence-corrected chi connectivity index (χ1v) is 11.1. The Morgan fingerprint density at radius 3 is 2.38 bits per heavy atom. The number of carbonyl (C=O) groups excluding carboxylic acids is 1. The molecule has 0 radical (unpaired) electrons. The van der Waals surface area contributed by atoms with E-state index < -0.39 is 12.8 Å². The van der Waals surface area contributed by atoms with Crippen molar-refractivity contribution >= 4 is 5.91 Å². The Labute approximate surface area is 196 Å². The summed E-state index contributed by atoms with van der Waals surface area (Å²) in [4.78, 5) is 16.9. The van der Waals surface area contributed by atoms with Crippen molar-refractivity contribution in [3.63, 3.8) is 0 Å². The summed E-state index contributed by atoms with van der Waals surface area (Å²) in [5.74, 6) is -0.176. The van der Waals surface area contributed by atoms with Gasteiger partial charge in [-0.3, -0.25) is 9.69 Å². The molecule has 0 N–H and O–H groups in total. The van der Waals surface area contributed by atoms with Gasteiger partial charge >= 0.3 is 6.18 Å². The number of benzene rings is 2. The predicted octanol–water partition coefficient (Wildman–Crippen LogP) is 4.39. The number of amides is 1. The van der Waals surface area contributed by atoms with Gasteiger partial charge in [0.05, 0.1) is 11.4 Å². The fraction of sp³-hybridized carbons (Fsp3) is 0.360. The van der Waals surface area contributed by atoms with Crippen molar-refractivity contribution in [1.82, 2.24) is 19.6 Å². The van der Waals surface area contributed by atoms with Crippen molar-refractivity contribution in [2.45, 2.75) is 26.6 Å². The summed E-state index contributed by atoms with van der Waals surface area (Å²) in [6.07, 6.45) is -4.43. The van der Waals surface area contributed by atoms with Crippen LogP contribution in [0.1, 0.15) is 27.3 Å². The number of hydrogen-bond acceptors (Lipinski definition) is 4. The lowest BCUT2D eigenvalue weighted by atomic mass is 10.1. The molecular formula is C25H27F3N4O2. The van der Waals surface area contributed by atoms with Gasteiger partial charge in [0.1, 0.15) is 5.75 Å². The fourth-order valence-corrected chi connectivity index (χ4v) is 4.12. The van der Waals surface area contributed by atoms with E-state index in [4.69, 9.17) is 9.84 Å². The molecule has 180 valence electrons. The van der Waals surface area contributed by atoms with Gasteiger partial charge < -0.3 is 9.64 Å². The molecule has 3 aromatic rings. The molecule has 1 aromatic heterocycles.